The fraction of sp³-hybridized carbons (Fsp3) is 0.250. The zero-order valence-corrected chi connectivity index (χ0v) is 13.1. The first-order chi connectivity index (χ1) is 10.6. The second-order valence-corrected chi connectivity index (χ2v) is 5.03. The first kappa shape index (κ1) is 15.9. The summed E-state index contributed by atoms with van der Waals surface area (Å²) in [4.78, 5) is 12.0. The molecule has 0 amide bonds. The number of benzene rings is 1. The van der Waals surface area contributed by atoms with E-state index in [1.807, 2.05) is 12.1 Å². The SMILES string of the molecule is C#CCOc1ccc([C@H]2NC(=S)NC(C)=C2C(=O)OC)cc1. The number of nitrogens with one attached hydrogen (secondary N) is 2. The van der Waals surface area contributed by atoms with Crippen LogP contribution in [-0.4, -0.2) is 24.8 Å². The van der Waals surface area contributed by atoms with Crippen LogP contribution in [0.2, 0.25) is 0 Å². The second kappa shape index (κ2) is 6.96. The number of carbonyl (C=O) groups is 1. The molecule has 1 aliphatic heterocycles. The van der Waals surface area contributed by atoms with E-state index < -0.39 is 5.97 Å². The Morgan fingerprint density at radius 2 is 2.09 bits per heavy atom. The molecule has 0 fully saturated rings. The summed E-state index contributed by atoms with van der Waals surface area (Å²) in [6.45, 7) is 2.00. The van der Waals surface area contributed by atoms with Crippen molar-refractivity contribution < 1.29 is 14.3 Å². The molecule has 22 heavy (non-hydrogen) atoms. The molecule has 1 aromatic carbocycles. The zero-order chi connectivity index (χ0) is 16.1. The van der Waals surface area contributed by atoms with Crippen molar-refractivity contribution in [1.82, 2.24) is 10.6 Å². The normalized spacial score (nSPS) is 17.1. The summed E-state index contributed by atoms with van der Waals surface area (Å²) in [5.74, 6) is 2.67. The van der Waals surface area contributed by atoms with E-state index in [0.29, 0.717) is 22.1 Å². The van der Waals surface area contributed by atoms with Crippen molar-refractivity contribution in [3.8, 4) is 18.1 Å². The summed E-state index contributed by atoms with van der Waals surface area (Å²) in [7, 11) is 1.35. The zero-order valence-electron chi connectivity index (χ0n) is 12.3. The van der Waals surface area contributed by atoms with E-state index >= 15 is 0 Å². The highest BCUT2D eigenvalue weighted by molar-refractivity contribution is 7.80. The molecule has 6 heteroatoms. The maximum absolute atomic E-state index is 12.0. The Balaban J connectivity index is 2.32. The average molecular weight is 316 g/mol. The number of hydrogen-bond donors (Lipinski definition) is 2. The first-order valence-corrected chi connectivity index (χ1v) is 7.00. The standard InChI is InChI=1S/C16H16N2O3S/c1-4-9-21-12-7-5-11(6-8-12)14-13(15(19)20-3)10(2)17-16(22)18-14/h1,5-8,14H,9H2,2-3H3,(H2,17,18,22)/t14-/m1/s1. The van der Waals surface area contributed by atoms with Gasteiger partial charge in [-0.15, -0.1) is 6.42 Å². The van der Waals surface area contributed by atoms with Crippen molar-refractivity contribution >= 4 is 23.3 Å². The third-order valence-electron chi connectivity index (χ3n) is 3.21. The molecule has 0 bridgehead atoms. The van der Waals surface area contributed by atoms with Crippen molar-refractivity contribution in [3.63, 3.8) is 0 Å². The van der Waals surface area contributed by atoms with Crippen LogP contribution in [0, 0.1) is 12.3 Å². The van der Waals surface area contributed by atoms with Crippen LogP contribution in [0.25, 0.3) is 0 Å². The van der Waals surface area contributed by atoms with Gasteiger partial charge in [-0.3, -0.25) is 0 Å². The van der Waals surface area contributed by atoms with Gasteiger partial charge in [-0.1, -0.05) is 18.1 Å². The van der Waals surface area contributed by atoms with Crippen LogP contribution >= 0.6 is 12.2 Å². The number of methoxy groups -OCH3 is 1. The number of terminal acetylenes is 1. The second-order valence-electron chi connectivity index (χ2n) is 4.62. The lowest BCUT2D eigenvalue weighted by atomic mass is 9.95. The van der Waals surface area contributed by atoms with Gasteiger partial charge < -0.3 is 20.1 Å². The van der Waals surface area contributed by atoms with E-state index in [4.69, 9.17) is 28.1 Å². The monoisotopic (exact) mass is 316 g/mol. The summed E-state index contributed by atoms with van der Waals surface area (Å²) in [5.41, 5.74) is 2.04. The maximum Gasteiger partial charge on any atom is 0.337 e. The van der Waals surface area contributed by atoms with Crippen LogP contribution in [0.15, 0.2) is 35.5 Å². The van der Waals surface area contributed by atoms with Gasteiger partial charge in [0.1, 0.15) is 12.4 Å². The number of rotatable bonds is 4. The summed E-state index contributed by atoms with van der Waals surface area (Å²) in [6.07, 6.45) is 5.16. The average Bonchev–Trinajstić information content (AvgIpc) is 2.52. The number of thiocarbonyl (C=S) groups is 1. The largest absolute Gasteiger partial charge is 0.481 e. The lowest BCUT2D eigenvalue weighted by Gasteiger charge is -2.29. The molecule has 1 atom stereocenters. The quantitative estimate of drug-likeness (QED) is 0.500. The lowest BCUT2D eigenvalue weighted by Crippen LogP contribution is -2.45. The Hall–Kier alpha value is -2.52. The minimum Gasteiger partial charge on any atom is -0.481 e. The summed E-state index contributed by atoms with van der Waals surface area (Å²) >= 11 is 5.16. The molecule has 0 aromatic heterocycles. The van der Waals surface area contributed by atoms with E-state index in [1.165, 1.54) is 7.11 Å². The van der Waals surface area contributed by atoms with Crippen molar-refractivity contribution in [2.24, 2.45) is 0 Å². The molecule has 0 saturated heterocycles. The molecule has 0 spiro atoms. The molecule has 0 radical (unpaired) electrons. The molecule has 0 unspecified atom stereocenters. The van der Waals surface area contributed by atoms with Gasteiger partial charge in [0.05, 0.1) is 18.7 Å². The van der Waals surface area contributed by atoms with Gasteiger partial charge in [0.2, 0.25) is 0 Å². The Morgan fingerprint density at radius 3 is 2.68 bits per heavy atom. The van der Waals surface area contributed by atoms with Gasteiger partial charge in [0.15, 0.2) is 5.11 Å². The maximum atomic E-state index is 12.0. The highest BCUT2D eigenvalue weighted by Crippen LogP contribution is 2.28. The number of carbonyl (C=O) groups excluding carboxylic acids is 1. The molecule has 114 valence electrons. The van der Waals surface area contributed by atoms with Gasteiger partial charge in [-0.05, 0) is 36.8 Å². The van der Waals surface area contributed by atoms with Crippen molar-refractivity contribution in [2.75, 3.05) is 13.7 Å². The first-order valence-electron chi connectivity index (χ1n) is 6.59. The van der Waals surface area contributed by atoms with E-state index in [0.717, 1.165) is 5.56 Å². The Labute approximate surface area is 134 Å². The van der Waals surface area contributed by atoms with Gasteiger partial charge in [-0.25, -0.2) is 4.79 Å². The molecule has 2 N–H and O–H groups in total. The van der Waals surface area contributed by atoms with Crippen LogP contribution in [0.3, 0.4) is 0 Å². The molecule has 1 heterocycles. The number of allylic oxidation sites excluding steroid dienone is 1. The molecule has 0 saturated carbocycles. The van der Waals surface area contributed by atoms with E-state index in [-0.39, 0.29) is 12.6 Å². The molecule has 1 aliphatic rings. The Kier molecular flexibility index (Phi) is 5.02. The van der Waals surface area contributed by atoms with Crippen LogP contribution < -0.4 is 15.4 Å². The van der Waals surface area contributed by atoms with Crippen LogP contribution in [0.5, 0.6) is 5.75 Å². The van der Waals surface area contributed by atoms with Crippen LogP contribution in [0.1, 0.15) is 18.5 Å². The summed E-state index contributed by atoms with van der Waals surface area (Å²) in [5, 5.41) is 6.48. The minimum absolute atomic E-state index is 0.210. The van der Waals surface area contributed by atoms with Crippen LogP contribution in [-0.2, 0) is 9.53 Å². The van der Waals surface area contributed by atoms with Crippen LogP contribution in [0.4, 0.5) is 0 Å². The molecule has 1 aromatic rings. The Morgan fingerprint density at radius 1 is 1.41 bits per heavy atom. The molecule has 2 rings (SSSR count). The predicted molar refractivity (Wildman–Crippen MR) is 87.1 cm³/mol. The summed E-state index contributed by atoms with van der Waals surface area (Å²) < 4.78 is 10.2. The van der Waals surface area contributed by atoms with Crippen molar-refractivity contribution in [1.29, 1.82) is 0 Å². The fourth-order valence-corrected chi connectivity index (χ4v) is 2.48. The minimum atomic E-state index is -0.405. The fourth-order valence-electron chi connectivity index (χ4n) is 2.21. The molecule has 0 aliphatic carbocycles. The number of esters is 1. The third-order valence-corrected chi connectivity index (χ3v) is 3.43. The molecule has 5 nitrogen and oxygen atoms in total. The number of hydrogen-bond acceptors (Lipinski definition) is 4. The summed E-state index contributed by atoms with van der Waals surface area (Å²) in [6, 6.07) is 6.93. The molecular formula is C16H16N2O3S. The van der Waals surface area contributed by atoms with Crippen molar-refractivity contribution in [2.45, 2.75) is 13.0 Å². The smallest absolute Gasteiger partial charge is 0.337 e. The predicted octanol–water partition coefficient (Wildman–Crippen LogP) is 1.66. The highest BCUT2D eigenvalue weighted by Gasteiger charge is 2.30. The van der Waals surface area contributed by atoms with E-state index in [9.17, 15) is 4.79 Å². The highest BCUT2D eigenvalue weighted by atomic mass is 32.1. The van der Waals surface area contributed by atoms with Gasteiger partial charge in [0, 0.05) is 5.70 Å². The van der Waals surface area contributed by atoms with Gasteiger partial charge >= 0.3 is 5.97 Å². The van der Waals surface area contributed by atoms with E-state index in [1.54, 1.807) is 19.1 Å². The molecular weight excluding hydrogens is 300 g/mol. The number of ether oxygens (including phenoxy) is 2. The Bertz CT molecular complexity index is 659. The lowest BCUT2D eigenvalue weighted by molar-refractivity contribution is -0.136. The van der Waals surface area contributed by atoms with Gasteiger partial charge in [0.25, 0.3) is 0 Å². The van der Waals surface area contributed by atoms with Crippen molar-refractivity contribution in [3.05, 3.63) is 41.1 Å². The topological polar surface area (TPSA) is 59.6 Å². The van der Waals surface area contributed by atoms with E-state index in [2.05, 4.69) is 16.6 Å². The third kappa shape index (κ3) is 3.38. The van der Waals surface area contributed by atoms with Gasteiger partial charge in [-0.2, -0.15) is 0 Å².